The van der Waals surface area contributed by atoms with Crippen molar-refractivity contribution in [1.82, 2.24) is 9.47 Å². The zero-order chi connectivity index (χ0) is 18.7. The smallest absolute Gasteiger partial charge is 0.272 e. The number of rotatable bonds is 6. The lowest BCUT2D eigenvalue weighted by Gasteiger charge is -2.22. The summed E-state index contributed by atoms with van der Waals surface area (Å²) in [5.74, 6) is -0.413. The molecule has 1 atom stereocenters. The Bertz CT molecular complexity index is 818. The molecule has 138 valence electrons. The Morgan fingerprint density at radius 3 is 2.88 bits per heavy atom. The molecule has 7 heteroatoms. The molecule has 2 amide bonds. The first-order valence-corrected chi connectivity index (χ1v) is 9.56. The minimum absolute atomic E-state index is 0.147. The summed E-state index contributed by atoms with van der Waals surface area (Å²) in [7, 11) is 0. The van der Waals surface area contributed by atoms with Crippen LogP contribution in [-0.4, -0.2) is 33.9 Å². The normalized spacial score (nSPS) is 17.4. The van der Waals surface area contributed by atoms with Crippen molar-refractivity contribution in [2.24, 2.45) is 5.73 Å². The summed E-state index contributed by atoms with van der Waals surface area (Å²) in [4.78, 5) is 26.2. The Morgan fingerprint density at radius 1 is 1.35 bits per heavy atom. The standard InChI is InChI=1S/C19H23BrN4O2/c1-2-23-12-14(20)10-17(23)19(26)22-15-6-3-5-13(9-15)11-24-8-4-7-16(24)18(21)25/h3,5-6,9-10,12,16H,2,4,7-8,11H2,1H3,(H2,21,25)(H,22,26). The number of halogens is 1. The molecule has 0 saturated carbocycles. The lowest BCUT2D eigenvalue weighted by molar-refractivity contribution is -0.122. The number of amides is 2. The molecule has 0 aliphatic carbocycles. The lowest BCUT2D eigenvalue weighted by Crippen LogP contribution is -2.39. The molecule has 1 unspecified atom stereocenters. The predicted octanol–water partition coefficient (Wildman–Crippen LogP) is 2.97. The molecule has 1 aliphatic heterocycles. The molecule has 26 heavy (non-hydrogen) atoms. The molecule has 2 heterocycles. The van der Waals surface area contributed by atoms with E-state index < -0.39 is 0 Å². The van der Waals surface area contributed by atoms with Crippen molar-refractivity contribution < 1.29 is 9.59 Å². The number of likely N-dealkylation sites (tertiary alicyclic amines) is 1. The molecular weight excluding hydrogens is 396 g/mol. The zero-order valence-corrected chi connectivity index (χ0v) is 16.3. The number of benzene rings is 1. The Hall–Kier alpha value is -2.12. The molecule has 2 aromatic rings. The number of primary amides is 1. The van der Waals surface area contributed by atoms with Crippen molar-refractivity contribution in [2.45, 2.75) is 38.9 Å². The van der Waals surface area contributed by atoms with Crippen LogP contribution >= 0.6 is 15.9 Å². The largest absolute Gasteiger partial charge is 0.368 e. The first kappa shape index (κ1) is 18.7. The number of nitrogens with two attached hydrogens (primary N) is 1. The van der Waals surface area contributed by atoms with Crippen LogP contribution in [-0.2, 0) is 17.9 Å². The second kappa shape index (κ2) is 8.05. The maximum atomic E-state index is 12.6. The van der Waals surface area contributed by atoms with E-state index in [1.54, 1.807) is 0 Å². The fraction of sp³-hybridized carbons (Fsp3) is 0.368. The van der Waals surface area contributed by atoms with E-state index in [0.29, 0.717) is 12.2 Å². The second-order valence-electron chi connectivity index (χ2n) is 6.51. The van der Waals surface area contributed by atoms with Gasteiger partial charge in [-0.25, -0.2) is 0 Å². The topological polar surface area (TPSA) is 80.4 Å². The minimum atomic E-state index is -0.266. The maximum Gasteiger partial charge on any atom is 0.272 e. The van der Waals surface area contributed by atoms with Crippen LogP contribution in [0.15, 0.2) is 41.0 Å². The van der Waals surface area contributed by atoms with E-state index >= 15 is 0 Å². The number of aryl methyl sites for hydroxylation is 1. The van der Waals surface area contributed by atoms with Gasteiger partial charge in [-0.3, -0.25) is 14.5 Å². The molecule has 1 aromatic heterocycles. The molecule has 0 spiro atoms. The van der Waals surface area contributed by atoms with Crippen LogP contribution in [0.4, 0.5) is 5.69 Å². The van der Waals surface area contributed by atoms with Crippen molar-refractivity contribution >= 4 is 33.4 Å². The van der Waals surface area contributed by atoms with Gasteiger partial charge in [0, 0.05) is 29.4 Å². The number of hydrogen-bond acceptors (Lipinski definition) is 3. The van der Waals surface area contributed by atoms with Crippen molar-refractivity contribution in [2.75, 3.05) is 11.9 Å². The third kappa shape index (κ3) is 4.16. The molecule has 3 N–H and O–H groups in total. The summed E-state index contributed by atoms with van der Waals surface area (Å²) in [5.41, 5.74) is 7.88. The van der Waals surface area contributed by atoms with Crippen LogP contribution < -0.4 is 11.1 Å². The van der Waals surface area contributed by atoms with Gasteiger partial charge in [0.2, 0.25) is 5.91 Å². The fourth-order valence-corrected chi connectivity index (χ4v) is 3.91. The number of hydrogen-bond donors (Lipinski definition) is 2. The van der Waals surface area contributed by atoms with E-state index in [1.807, 2.05) is 48.0 Å². The van der Waals surface area contributed by atoms with Crippen molar-refractivity contribution in [3.05, 3.63) is 52.3 Å². The average molecular weight is 419 g/mol. The van der Waals surface area contributed by atoms with Gasteiger partial charge in [-0.1, -0.05) is 12.1 Å². The van der Waals surface area contributed by atoms with Gasteiger partial charge >= 0.3 is 0 Å². The zero-order valence-electron chi connectivity index (χ0n) is 14.7. The highest BCUT2D eigenvalue weighted by Gasteiger charge is 2.28. The predicted molar refractivity (Wildman–Crippen MR) is 105 cm³/mol. The van der Waals surface area contributed by atoms with Gasteiger partial charge in [-0.05, 0) is 66.0 Å². The number of nitrogens with zero attached hydrogens (tertiary/aromatic N) is 2. The van der Waals surface area contributed by atoms with Crippen molar-refractivity contribution in [3.8, 4) is 0 Å². The maximum absolute atomic E-state index is 12.6. The SMILES string of the molecule is CCn1cc(Br)cc1C(=O)Nc1cccc(CN2CCCC2C(N)=O)c1. The van der Waals surface area contributed by atoms with E-state index in [9.17, 15) is 9.59 Å². The third-order valence-corrected chi connectivity index (χ3v) is 5.13. The van der Waals surface area contributed by atoms with Crippen LogP contribution in [0.2, 0.25) is 0 Å². The summed E-state index contributed by atoms with van der Waals surface area (Å²) < 4.78 is 2.77. The van der Waals surface area contributed by atoms with Crippen LogP contribution in [0.1, 0.15) is 35.8 Å². The molecular formula is C19H23BrN4O2. The van der Waals surface area contributed by atoms with Gasteiger partial charge in [0.05, 0.1) is 6.04 Å². The van der Waals surface area contributed by atoms with Gasteiger partial charge in [0.1, 0.15) is 5.69 Å². The first-order valence-electron chi connectivity index (χ1n) is 8.77. The Labute approximate surface area is 161 Å². The quantitative estimate of drug-likeness (QED) is 0.756. The molecule has 0 radical (unpaired) electrons. The van der Waals surface area contributed by atoms with E-state index in [-0.39, 0.29) is 17.9 Å². The van der Waals surface area contributed by atoms with Crippen LogP contribution in [0.3, 0.4) is 0 Å². The Morgan fingerprint density at radius 2 is 2.15 bits per heavy atom. The molecule has 3 rings (SSSR count). The molecule has 1 fully saturated rings. The Kier molecular flexibility index (Phi) is 5.78. The van der Waals surface area contributed by atoms with Gasteiger partial charge < -0.3 is 15.6 Å². The number of carbonyl (C=O) groups excluding carboxylic acids is 2. The lowest BCUT2D eigenvalue weighted by atomic mass is 10.1. The molecule has 1 aliphatic rings. The number of aromatic nitrogens is 1. The molecule has 0 bridgehead atoms. The van der Waals surface area contributed by atoms with E-state index in [1.165, 1.54) is 0 Å². The highest BCUT2D eigenvalue weighted by Crippen LogP contribution is 2.22. The highest BCUT2D eigenvalue weighted by molar-refractivity contribution is 9.10. The van der Waals surface area contributed by atoms with Gasteiger partial charge in [0.15, 0.2) is 0 Å². The van der Waals surface area contributed by atoms with Crippen molar-refractivity contribution in [1.29, 1.82) is 0 Å². The second-order valence-corrected chi connectivity index (χ2v) is 7.43. The van der Waals surface area contributed by atoms with E-state index in [0.717, 1.165) is 41.7 Å². The summed E-state index contributed by atoms with van der Waals surface area (Å²) in [6.07, 6.45) is 3.68. The minimum Gasteiger partial charge on any atom is -0.368 e. The molecule has 1 saturated heterocycles. The summed E-state index contributed by atoms with van der Waals surface area (Å²) in [5, 5.41) is 2.95. The summed E-state index contributed by atoms with van der Waals surface area (Å²) in [6.45, 7) is 4.23. The van der Waals surface area contributed by atoms with E-state index in [4.69, 9.17) is 5.73 Å². The van der Waals surface area contributed by atoms with Crippen molar-refractivity contribution in [3.63, 3.8) is 0 Å². The molecule has 1 aromatic carbocycles. The third-order valence-electron chi connectivity index (χ3n) is 4.70. The fourth-order valence-electron chi connectivity index (χ4n) is 3.44. The van der Waals surface area contributed by atoms with Crippen LogP contribution in [0.5, 0.6) is 0 Å². The Balaban J connectivity index is 1.71. The van der Waals surface area contributed by atoms with Crippen LogP contribution in [0.25, 0.3) is 0 Å². The van der Waals surface area contributed by atoms with Gasteiger partial charge in [0.25, 0.3) is 5.91 Å². The summed E-state index contributed by atoms with van der Waals surface area (Å²) >= 11 is 3.41. The number of anilines is 1. The average Bonchev–Trinajstić information content (AvgIpc) is 3.21. The molecule has 6 nitrogen and oxygen atoms in total. The van der Waals surface area contributed by atoms with Crippen LogP contribution in [0, 0.1) is 0 Å². The van der Waals surface area contributed by atoms with Gasteiger partial charge in [-0.2, -0.15) is 0 Å². The number of nitrogens with one attached hydrogen (secondary N) is 1. The summed E-state index contributed by atoms with van der Waals surface area (Å²) in [6, 6.07) is 9.34. The first-order chi connectivity index (χ1) is 12.5. The number of carbonyl (C=O) groups is 2. The monoisotopic (exact) mass is 418 g/mol. The highest BCUT2D eigenvalue weighted by atomic mass is 79.9. The van der Waals surface area contributed by atoms with E-state index in [2.05, 4.69) is 26.1 Å². The van der Waals surface area contributed by atoms with Gasteiger partial charge in [-0.15, -0.1) is 0 Å².